The summed E-state index contributed by atoms with van der Waals surface area (Å²) in [6.07, 6.45) is 0.986. The number of phenols is 1. The van der Waals surface area contributed by atoms with Crippen molar-refractivity contribution in [3.63, 3.8) is 0 Å². The molecule has 0 aliphatic heterocycles. The van der Waals surface area contributed by atoms with Gasteiger partial charge in [-0.3, -0.25) is 0 Å². The molecule has 2 rings (SSSR count). The first kappa shape index (κ1) is 16.0. The molecule has 0 amide bonds. The second kappa shape index (κ2) is 8.19. The molecule has 4 N–H and O–H groups in total. The van der Waals surface area contributed by atoms with Gasteiger partial charge in [0.1, 0.15) is 5.75 Å². The van der Waals surface area contributed by atoms with Gasteiger partial charge in [-0.05, 0) is 23.8 Å². The number of aromatic hydroxyl groups is 1. The lowest BCUT2D eigenvalue weighted by Gasteiger charge is -2.02. The summed E-state index contributed by atoms with van der Waals surface area (Å²) >= 11 is 5.50. The normalized spacial score (nSPS) is 9.50. The van der Waals surface area contributed by atoms with Crippen LogP contribution >= 0.6 is 11.6 Å². The van der Waals surface area contributed by atoms with Crippen LogP contribution in [0.25, 0.3) is 0 Å². The van der Waals surface area contributed by atoms with Gasteiger partial charge in [0.05, 0.1) is 12.5 Å². The summed E-state index contributed by atoms with van der Waals surface area (Å²) in [5, 5.41) is 19.3. The summed E-state index contributed by atoms with van der Waals surface area (Å²) in [7, 11) is 0. The van der Waals surface area contributed by atoms with Crippen molar-refractivity contribution < 1.29 is 20.7 Å². The molecule has 106 valence electrons. The van der Waals surface area contributed by atoms with Crippen molar-refractivity contribution in [2.75, 3.05) is 6.54 Å². The van der Waals surface area contributed by atoms with E-state index in [1.807, 2.05) is 12.1 Å². The van der Waals surface area contributed by atoms with E-state index >= 15 is 0 Å². The number of carboxylic acids is 1. The van der Waals surface area contributed by atoms with Crippen LogP contribution in [0.4, 0.5) is 0 Å². The van der Waals surface area contributed by atoms with Crippen LogP contribution in [0.5, 0.6) is 5.75 Å². The molecule has 0 spiro atoms. The van der Waals surface area contributed by atoms with Crippen LogP contribution in [0.15, 0.2) is 48.5 Å². The zero-order valence-corrected chi connectivity index (χ0v) is 11.6. The molecule has 0 aliphatic rings. The van der Waals surface area contributed by atoms with Crippen molar-refractivity contribution in [2.45, 2.75) is 6.42 Å². The number of carbonyl (C=O) groups excluding carboxylic acids is 1. The highest BCUT2D eigenvalue weighted by Gasteiger charge is 1.96. The number of phenolic OH excluding ortho intramolecular Hbond substituents is 1. The quantitative estimate of drug-likeness (QED) is 0.880. The number of aromatic carboxylic acids is 1. The van der Waals surface area contributed by atoms with Crippen molar-refractivity contribution in [3.8, 4) is 5.75 Å². The number of quaternary nitrogens is 1. The molecule has 0 radical (unpaired) electrons. The Labute approximate surface area is 122 Å². The van der Waals surface area contributed by atoms with Gasteiger partial charge in [0.15, 0.2) is 0 Å². The standard InChI is InChI=1S/C8H11NO.C7H5ClO2/c9-6-5-7-1-3-8(10)4-2-7;8-6-4-2-1-3-5(6)7(9)10/h1-4,10H,5-6,9H2;1-4H,(H,9,10). The Morgan fingerprint density at radius 3 is 2.20 bits per heavy atom. The third kappa shape index (κ3) is 5.30. The second-order valence-electron chi connectivity index (χ2n) is 4.04. The molecule has 5 heteroatoms. The first-order valence-corrected chi connectivity index (χ1v) is 6.45. The van der Waals surface area contributed by atoms with Crippen LogP contribution in [0.3, 0.4) is 0 Å². The summed E-state index contributed by atoms with van der Waals surface area (Å²) in [5.41, 5.74) is 5.00. The van der Waals surface area contributed by atoms with E-state index in [1.165, 1.54) is 17.7 Å². The Kier molecular flexibility index (Phi) is 6.56. The fourth-order valence-electron chi connectivity index (χ4n) is 1.49. The van der Waals surface area contributed by atoms with E-state index in [1.54, 1.807) is 24.3 Å². The average Bonchev–Trinajstić information content (AvgIpc) is 2.43. The highest BCUT2D eigenvalue weighted by atomic mass is 35.5. The van der Waals surface area contributed by atoms with Crippen LogP contribution < -0.4 is 10.8 Å². The zero-order chi connectivity index (χ0) is 15.0. The van der Waals surface area contributed by atoms with Crippen molar-refractivity contribution in [3.05, 3.63) is 64.7 Å². The van der Waals surface area contributed by atoms with Gasteiger partial charge in [0.2, 0.25) is 0 Å². The lowest BCUT2D eigenvalue weighted by atomic mass is 10.1. The summed E-state index contributed by atoms with van der Waals surface area (Å²) in [5.74, 6) is -0.918. The lowest BCUT2D eigenvalue weighted by Crippen LogP contribution is -2.51. The summed E-state index contributed by atoms with van der Waals surface area (Å²) in [6, 6.07) is 13.4. The monoisotopic (exact) mass is 293 g/mol. The first-order chi connectivity index (χ1) is 9.54. The van der Waals surface area contributed by atoms with E-state index in [0.717, 1.165) is 13.0 Å². The van der Waals surface area contributed by atoms with Gasteiger partial charge in [-0.25, -0.2) is 0 Å². The van der Waals surface area contributed by atoms with Crippen molar-refractivity contribution in [1.29, 1.82) is 0 Å². The van der Waals surface area contributed by atoms with E-state index in [0.29, 0.717) is 5.75 Å². The molecule has 4 nitrogen and oxygen atoms in total. The minimum atomic E-state index is -1.24. The van der Waals surface area contributed by atoms with E-state index in [9.17, 15) is 9.90 Å². The Bertz CT molecular complexity index is 555. The molecule has 0 saturated heterocycles. The summed E-state index contributed by atoms with van der Waals surface area (Å²) < 4.78 is 0. The average molecular weight is 294 g/mol. The number of benzene rings is 2. The van der Waals surface area contributed by atoms with Gasteiger partial charge in [-0.15, -0.1) is 0 Å². The molecule has 20 heavy (non-hydrogen) atoms. The SMILES string of the molecule is O=C([O-])c1ccccc1Cl.[NH3+]CCc1ccc(O)cc1. The first-order valence-electron chi connectivity index (χ1n) is 6.07. The number of carbonyl (C=O) groups is 1. The van der Waals surface area contributed by atoms with E-state index in [4.69, 9.17) is 16.7 Å². The molecule has 0 fully saturated rings. The predicted molar refractivity (Wildman–Crippen MR) is 75.3 cm³/mol. The topological polar surface area (TPSA) is 88.0 Å². The Morgan fingerprint density at radius 1 is 1.15 bits per heavy atom. The van der Waals surface area contributed by atoms with Crippen LogP contribution in [-0.4, -0.2) is 17.6 Å². The van der Waals surface area contributed by atoms with Crippen molar-refractivity contribution in [2.24, 2.45) is 0 Å². The number of hydrogen-bond acceptors (Lipinski definition) is 3. The molecule has 0 saturated carbocycles. The van der Waals surface area contributed by atoms with Crippen LogP contribution in [0.2, 0.25) is 5.02 Å². The largest absolute Gasteiger partial charge is 0.545 e. The van der Waals surface area contributed by atoms with Crippen LogP contribution in [0.1, 0.15) is 15.9 Å². The van der Waals surface area contributed by atoms with Gasteiger partial charge in [0.25, 0.3) is 0 Å². The van der Waals surface area contributed by atoms with Crippen LogP contribution in [0, 0.1) is 0 Å². The minimum Gasteiger partial charge on any atom is -0.545 e. The van der Waals surface area contributed by atoms with Crippen molar-refractivity contribution in [1.82, 2.24) is 0 Å². The van der Waals surface area contributed by atoms with Gasteiger partial charge >= 0.3 is 0 Å². The molecule has 0 bridgehead atoms. The van der Waals surface area contributed by atoms with E-state index in [2.05, 4.69) is 5.73 Å². The van der Waals surface area contributed by atoms with Gasteiger partial charge in [-0.1, -0.05) is 41.9 Å². The third-order valence-corrected chi connectivity index (χ3v) is 2.83. The minimum absolute atomic E-state index is 0.0316. The fourth-order valence-corrected chi connectivity index (χ4v) is 1.71. The Balaban J connectivity index is 0.000000200. The van der Waals surface area contributed by atoms with Crippen LogP contribution in [-0.2, 0) is 6.42 Å². The van der Waals surface area contributed by atoms with Gasteiger partial charge in [0, 0.05) is 17.0 Å². The maximum absolute atomic E-state index is 10.2. The maximum Gasteiger partial charge on any atom is 0.115 e. The number of carboxylic acid groups (broad SMARTS) is 1. The smallest absolute Gasteiger partial charge is 0.115 e. The molecule has 0 aliphatic carbocycles. The number of hydrogen-bond donors (Lipinski definition) is 2. The predicted octanol–water partition coefficient (Wildman–Crippen LogP) is 0.880. The maximum atomic E-state index is 10.2. The fraction of sp³-hybridized carbons (Fsp3) is 0.133. The van der Waals surface area contributed by atoms with E-state index < -0.39 is 5.97 Å². The Morgan fingerprint density at radius 2 is 1.75 bits per heavy atom. The molecular formula is C15H16ClNO3. The molecule has 0 aromatic heterocycles. The van der Waals surface area contributed by atoms with Gasteiger partial charge in [-0.2, -0.15) is 0 Å². The lowest BCUT2D eigenvalue weighted by molar-refractivity contribution is -0.366. The molecular weight excluding hydrogens is 278 g/mol. The molecule has 0 heterocycles. The number of rotatable bonds is 3. The van der Waals surface area contributed by atoms with E-state index in [-0.39, 0.29) is 10.6 Å². The zero-order valence-electron chi connectivity index (χ0n) is 10.9. The Hall–Kier alpha value is -2.04. The van der Waals surface area contributed by atoms with Crippen molar-refractivity contribution >= 4 is 17.6 Å². The second-order valence-corrected chi connectivity index (χ2v) is 4.44. The molecule has 0 unspecified atom stereocenters. The highest BCUT2D eigenvalue weighted by molar-refractivity contribution is 6.33. The summed E-state index contributed by atoms with van der Waals surface area (Å²) in [6.45, 7) is 0.908. The summed E-state index contributed by atoms with van der Waals surface area (Å²) in [4.78, 5) is 10.2. The number of halogens is 1. The molecule has 2 aromatic carbocycles. The molecule has 2 aromatic rings. The third-order valence-electron chi connectivity index (χ3n) is 2.50. The van der Waals surface area contributed by atoms with Gasteiger partial charge < -0.3 is 20.7 Å². The highest BCUT2D eigenvalue weighted by Crippen LogP contribution is 2.13. The molecule has 0 atom stereocenters.